The first kappa shape index (κ1) is 18.8. The Morgan fingerprint density at radius 2 is 1.76 bits per heavy atom. The maximum Gasteiger partial charge on any atom is 0.220 e. The number of primary amides is 1. The van der Waals surface area contributed by atoms with E-state index in [4.69, 9.17) is 28.9 Å². The van der Waals surface area contributed by atoms with Crippen LogP contribution in [0.1, 0.15) is 32.1 Å². The van der Waals surface area contributed by atoms with Crippen LogP contribution in [0.2, 0.25) is 10.0 Å². The summed E-state index contributed by atoms with van der Waals surface area (Å²) in [4.78, 5) is 16.1. The topological polar surface area (TPSA) is 49.6 Å². The van der Waals surface area contributed by atoms with Crippen LogP contribution in [0.15, 0.2) is 18.2 Å². The van der Waals surface area contributed by atoms with E-state index in [0.29, 0.717) is 10.0 Å². The Bertz CT molecular complexity index is 594. The molecule has 2 aliphatic rings. The molecule has 1 heterocycles. The molecule has 1 amide bonds. The highest BCUT2D eigenvalue weighted by Crippen LogP contribution is 2.33. The predicted molar refractivity (Wildman–Crippen MR) is 104 cm³/mol. The summed E-state index contributed by atoms with van der Waals surface area (Å²) in [5.74, 6) is 0.743. The first-order valence-corrected chi connectivity index (χ1v) is 10.0. The van der Waals surface area contributed by atoms with Crippen LogP contribution >= 0.6 is 23.2 Å². The molecule has 0 spiro atoms. The van der Waals surface area contributed by atoms with E-state index in [9.17, 15) is 4.79 Å². The Balaban J connectivity index is 1.41. The van der Waals surface area contributed by atoms with E-state index >= 15 is 0 Å². The van der Waals surface area contributed by atoms with Gasteiger partial charge in [-0.15, -0.1) is 0 Å². The summed E-state index contributed by atoms with van der Waals surface area (Å²) in [5, 5.41) is 1.27. The lowest BCUT2D eigenvalue weighted by molar-refractivity contribution is -0.122. The number of hydrogen-bond donors (Lipinski definition) is 1. The average Bonchev–Trinajstić information content (AvgIpc) is 2.63. The molecule has 0 radical (unpaired) electrons. The van der Waals surface area contributed by atoms with Gasteiger partial charge in [0.05, 0.1) is 15.7 Å². The van der Waals surface area contributed by atoms with Gasteiger partial charge in [-0.1, -0.05) is 29.3 Å². The zero-order valence-corrected chi connectivity index (χ0v) is 16.1. The Morgan fingerprint density at radius 1 is 1.08 bits per heavy atom. The molecule has 0 bridgehead atoms. The molecule has 2 fully saturated rings. The zero-order valence-electron chi connectivity index (χ0n) is 14.6. The molecule has 1 aliphatic carbocycles. The summed E-state index contributed by atoms with van der Waals surface area (Å²) >= 11 is 12.5. The molecule has 3 rings (SSSR count). The second kappa shape index (κ2) is 8.61. The van der Waals surface area contributed by atoms with Gasteiger partial charge in [-0.05, 0) is 56.7 Å². The number of hydrogen-bond acceptors (Lipinski definition) is 3. The Kier molecular flexibility index (Phi) is 6.48. The Morgan fingerprint density at radius 3 is 2.40 bits per heavy atom. The van der Waals surface area contributed by atoms with Crippen molar-refractivity contribution in [2.24, 2.45) is 17.6 Å². The van der Waals surface area contributed by atoms with E-state index in [0.717, 1.165) is 70.0 Å². The van der Waals surface area contributed by atoms with Crippen molar-refractivity contribution < 1.29 is 4.79 Å². The van der Waals surface area contributed by atoms with Crippen LogP contribution in [-0.4, -0.2) is 43.5 Å². The third kappa shape index (κ3) is 4.81. The van der Waals surface area contributed by atoms with E-state index in [1.54, 1.807) is 0 Å². The number of halogens is 2. The molecule has 0 atom stereocenters. The van der Waals surface area contributed by atoms with Gasteiger partial charge in [0, 0.05) is 32.1 Å². The highest BCUT2D eigenvalue weighted by molar-refractivity contribution is 6.43. The van der Waals surface area contributed by atoms with Crippen LogP contribution < -0.4 is 10.6 Å². The molecule has 1 saturated carbocycles. The number of anilines is 1. The fraction of sp³-hybridized carbons (Fsp3) is 0.632. The lowest BCUT2D eigenvalue weighted by atomic mass is 9.80. The summed E-state index contributed by atoms with van der Waals surface area (Å²) in [6.07, 6.45) is 5.46. The number of piperazine rings is 1. The SMILES string of the molecule is NC(=O)[C@H]1CC[C@H](CCN2CCN(c3cccc(Cl)c3Cl)CC2)CC1. The number of carbonyl (C=O) groups excluding carboxylic acids is 1. The second-order valence-electron chi connectivity index (χ2n) is 7.31. The summed E-state index contributed by atoms with van der Waals surface area (Å²) in [6, 6.07) is 5.83. The highest BCUT2D eigenvalue weighted by Gasteiger charge is 2.25. The van der Waals surface area contributed by atoms with Gasteiger partial charge >= 0.3 is 0 Å². The molecular weight excluding hydrogens is 357 g/mol. The molecule has 1 saturated heterocycles. The van der Waals surface area contributed by atoms with Crippen molar-refractivity contribution >= 4 is 34.8 Å². The van der Waals surface area contributed by atoms with Gasteiger partial charge in [-0.3, -0.25) is 9.69 Å². The molecule has 1 aromatic carbocycles. The first-order chi connectivity index (χ1) is 12.0. The number of carbonyl (C=O) groups is 1. The van der Waals surface area contributed by atoms with Crippen molar-refractivity contribution in [1.29, 1.82) is 0 Å². The minimum Gasteiger partial charge on any atom is -0.369 e. The van der Waals surface area contributed by atoms with Crippen molar-refractivity contribution in [3.63, 3.8) is 0 Å². The summed E-state index contributed by atoms with van der Waals surface area (Å²) in [6.45, 7) is 5.21. The summed E-state index contributed by atoms with van der Waals surface area (Å²) < 4.78 is 0. The predicted octanol–water partition coefficient (Wildman–Crippen LogP) is 3.80. The zero-order chi connectivity index (χ0) is 17.8. The highest BCUT2D eigenvalue weighted by atomic mass is 35.5. The summed E-state index contributed by atoms with van der Waals surface area (Å²) in [7, 11) is 0. The number of benzene rings is 1. The first-order valence-electron chi connectivity index (χ1n) is 9.25. The van der Waals surface area contributed by atoms with Crippen molar-refractivity contribution in [3.05, 3.63) is 28.2 Å². The number of nitrogens with zero attached hydrogens (tertiary/aromatic N) is 2. The standard InChI is InChI=1S/C19H27Cl2N3O/c20-16-2-1-3-17(18(16)21)24-12-10-23(11-13-24)9-8-14-4-6-15(7-5-14)19(22)25/h1-3,14-15H,4-13H2,(H2,22,25)/t14-,15-. The van der Waals surface area contributed by atoms with Gasteiger partial charge < -0.3 is 10.6 Å². The molecule has 1 aliphatic heterocycles. The molecule has 6 heteroatoms. The van der Waals surface area contributed by atoms with E-state index < -0.39 is 0 Å². The Hall–Kier alpha value is -0.970. The minimum absolute atomic E-state index is 0.113. The molecule has 138 valence electrons. The van der Waals surface area contributed by atoms with Crippen LogP contribution in [0.5, 0.6) is 0 Å². The smallest absolute Gasteiger partial charge is 0.220 e. The number of rotatable bonds is 5. The third-order valence-electron chi connectivity index (χ3n) is 5.75. The molecular formula is C19H27Cl2N3O. The third-order valence-corrected chi connectivity index (χ3v) is 6.56. The lowest BCUT2D eigenvalue weighted by Gasteiger charge is -2.37. The Labute approximate surface area is 160 Å². The van der Waals surface area contributed by atoms with Gasteiger partial charge in [0.25, 0.3) is 0 Å². The van der Waals surface area contributed by atoms with Crippen LogP contribution in [0.3, 0.4) is 0 Å². The van der Waals surface area contributed by atoms with Gasteiger partial charge in [-0.2, -0.15) is 0 Å². The van der Waals surface area contributed by atoms with E-state index in [2.05, 4.69) is 9.80 Å². The largest absolute Gasteiger partial charge is 0.369 e. The average molecular weight is 384 g/mol. The fourth-order valence-corrected chi connectivity index (χ4v) is 4.46. The van der Waals surface area contributed by atoms with Gasteiger partial charge in [-0.25, -0.2) is 0 Å². The maximum absolute atomic E-state index is 11.3. The lowest BCUT2D eigenvalue weighted by Crippen LogP contribution is -2.47. The fourth-order valence-electron chi connectivity index (χ4n) is 4.05. The molecule has 0 unspecified atom stereocenters. The quantitative estimate of drug-likeness (QED) is 0.840. The summed E-state index contributed by atoms with van der Waals surface area (Å²) in [5.41, 5.74) is 6.46. The second-order valence-corrected chi connectivity index (χ2v) is 8.10. The molecule has 1 aromatic rings. The molecule has 0 aromatic heterocycles. The van der Waals surface area contributed by atoms with Crippen LogP contribution in [0, 0.1) is 11.8 Å². The van der Waals surface area contributed by atoms with Crippen molar-refractivity contribution in [3.8, 4) is 0 Å². The van der Waals surface area contributed by atoms with E-state index in [-0.39, 0.29) is 11.8 Å². The maximum atomic E-state index is 11.3. The van der Waals surface area contributed by atoms with Crippen molar-refractivity contribution in [2.75, 3.05) is 37.6 Å². The van der Waals surface area contributed by atoms with Crippen LogP contribution in [-0.2, 0) is 4.79 Å². The molecule has 2 N–H and O–H groups in total. The van der Waals surface area contributed by atoms with Crippen molar-refractivity contribution in [2.45, 2.75) is 32.1 Å². The van der Waals surface area contributed by atoms with Gasteiger partial charge in [0.1, 0.15) is 0 Å². The van der Waals surface area contributed by atoms with Crippen LogP contribution in [0.25, 0.3) is 0 Å². The van der Waals surface area contributed by atoms with E-state index in [1.165, 1.54) is 6.42 Å². The monoisotopic (exact) mass is 383 g/mol. The van der Waals surface area contributed by atoms with Gasteiger partial charge in [0.15, 0.2) is 0 Å². The van der Waals surface area contributed by atoms with Gasteiger partial charge in [0.2, 0.25) is 5.91 Å². The van der Waals surface area contributed by atoms with Crippen molar-refractivity contribution in [1.82, 2.24) is 4.90 Å². The minimum atomic E-state index is -0.116. The molecule has 25 heavy (non-hydrogen) atoms. The van der Waals surface area contributed by atoms with E-state index in [1.807, 2.05) is 18.2 Å². The number of amides is 1. The normalized spacial score (nSPS) is 25.1. The molecule has 4 nitrogen and oxygen atoms in total. The van der Waals surface area contributed by atoms with Crippen LogP contribution in [0.4, 0.5) is 5.69 Å². The number of nitrogens with two attached hydrogens (primary N) is 1.